The van der Waals surface area contributed by atoms with E-state index in [1.54, 1.807) is 0 Å². The zero-order chi connectivity index (χ0) is 23.7. The molecule has 1 aromatic carbocycles. The lowest BCUT2D eigenvalue weighted by atomic mass is 10.0. The lowest BCUT2D eigenvalue weighted by Crippen LogP contribution is -2.58. The van der Waals surface area contributed by atoms with Gasteiger partial charge in [0.25, 0.3) is 0 Å². The highest BCUT2D eigenvalue weighted by molar-refractivity contribution is 5.94. The second-order valence-electron chi connectivity index (χ2n) is 7.02. The largest absolute Gasteiger partial charge is 0.508 e. The number of nitrogens with one attached hydrogen (secondary N) is 3. The number of aliphatic carboxylic acids is 1. The molecule has 0 heterocycles. The Morgan fingerprint density at radius 3 is 2.03 bits per heavy atom. The van der Waals surface area contributed by atoms with Crippen LogP contribution in [-0.2, 0) is 25.6 Å². The van der Waals surface area contributed by atoms with Crippen LogP contribution in [0.2, 0.25) is 0 Å². The Bertz CT molecular complexity index is 784. The van der Waals surface area contributed by atoms with Crippen molar-refractivity contribution in [2.24, 2.45) is 5.73 Å². The molecule has 0 aliphatic carbocycles. The van der Waals surface area contributed by atoms with Gasteiger partial charge in [-0.2, -0.15) is 0 Å². The molecule has 12 nitrogen and oxygen atoms in total. The van der Waals surface area contributed by atoms with Crippen LogP contribution in [0.15, 0.2) is 24.3 Å². The van der Waals surface area contributed by atoms with Crippen LogP contribution in [0.1, 0.15) is 19.4 Å². The van der Waals surface area contributed by atoms with Gasteiger partial charge in [0.2, 0.25) is 17.7 Å². The standard InChI is InChI=1S/C19H28N4O8/c1-9(21-17(28)13(20)8-24)16(27)22-14(7-11-3-5-12(26)6-4-11)18(29)23-15(10(2)25)19(30)31/h3-6,9-10,13-15,24-26H,7-8,20H2,1-2H3,(H,21,28)(H,22,27)(H,23,29)(H,30,31). The number of aliphatic hydroxyl groups is 2. The van der Waals surface area contributed by atoms with E-state index in [1.807, 2.05) is 0 Å². The molecule has 0 bridgehead atoms. The fourth-order valence-electron chi connectivity index (χ4n) is 2.49. The van der Waals surface area contributed by atoms with Crippen LogP contribution in [0.3, 0.4) is 0 Å². The number of carboxylic acid groups (broad SMARTS) is 1. The fraction of sp³-hybridized carbons (Fsp3) is 0.474. The average Bonchev–Trinajstić information content (AvgIpc) is 2.71. The third-order valence-electron chi connectivity index (χ3n) is 4.34. The molecule has 1 rings (SSSR count). The highest BCUT2D eigenvalue weighted by Crippen LogP contribution is 2.12. The first-order chi connectivity index (χ1) is 14.5. The second-order valence-corrected chi connectivity index (χ2v) is 7.02. The van der Waals surface area contributed by atoms with E-state index in [0.717, 1.165) is 0 Å². The Labute approximate surface area is 178 Å². The first-order valence-corrected chi connectivity index (χ1v) is 9.42. The van der Waals surface area contributed by atoms with E-state index in [2.05, 4.69) is 16.0 Å². The Morgan fingerprint density at radius 1 is 0.968 bits per heavy atom. The zero-order valence-corrected chi connectivity index (χ0v) is 17.1. The molecule has 3 amide bonds. The van der Waals surface area contributed by atoms with Crippen molar-refractivity contribution in [3.8, 4) is 5.75 Å². The lowest BCUT2D eigenvalue weighted by molar-refractivity contribution is -0.145. The molecule has 172 valence electrons. The molecule has 0 aliphatic rings. The van der Waals surface area contributed by atoms with Crippen LogP contribution < -0.4 is 21.7 Å². The summed E-state index contributed by atoms with van der Waals surface area (Å²) in [5.74, 6) is -3.88. The van der Waals surface area contributed by atoms with Gasteiger partial charge in [-0.05, 0) is 31.5 Å². The molecule has 31 heavy (non-hydrogen) atoms. The number of carbonyl (C=O) groups is 4. The van der Waals surface area contributed by atoms with E-state index in [0.29, 0.717) is 5.56 Å². The first-order valence-electron chi connectivity index (χ1n) is 9.42. The normalized spacial score (nSPS) is 15.6. The third-order valence-corrected chi connectivity index (χ3v) is 4.34. The van der Waals surface area contributed by atoms with Crippen molar-refractivity contribution in [1.82, 2.24) is 16.0 Å². The van der Waals surface area contributed by atoms with E-state index in [-0.39, 0.29) is 12.2 Å². The van der Waals surface area contributed by atoms with Crippen molar-refractivity contribution >= 4 is 23.7 Å². The number of phenolic OH excluding ortho intramolecular Hbond substituents is 1. The maximum absolute atomic E-state index is 12.7. The van der Waals surface area contributed by atoms with E-state index < -0.39 is 60.6 Å². The molecule has 5 unspecified atom stereocenters. The predicted molar refractivity (Wildman–Crippen MR) is 108 cm³/mol. The van der Waals surface area contributed by atoms with Crippen LogP contribution in [0.5, 0.6) is 5.75 Å². The maximum atomic E-state index is 12.7. The molecule has 0 saturated carbocycles. The van der Waals surface area contributed by atoms with Crippen molar-refractivity contribution in [3.63, 3.8) is 0 Å². The van der Waals surface area contributed by atoms with Gasteiger partial charge in [0.15, 0.2) is 6.04 Å². The smallest absolute Gasteiger partial charge is 0.328 e. The number of phenols is 1. The van der Waals surface area contributed by atoms with Gasteiger partial charge in [0, 0.05) is 6.42 Å². The molecule has 5 atom stereocenters. The average molecular weight is 440 g/mol. The molecule has 0 aromatic heterocycles. The van der Waals surface area contributed by atoms with Crippen LogP contribution >= 0.6 is 0 Å². The minimum atomic E-state index is -1.61. The van der Waals surface area contributed by atoms with Crippen LogP contribution in [0.4, 0.5) is 0 Å². The van der Waals surface area contributed by atoms with Crippen molar-refractivity contribution in [3.05, 3.63) is 29.8 Å². The molecule has 9 N–H and O–H groups in total. The van der Waals surface area contributed by atoms with Crippen molar-refractivity contribution < 1.29 is 39.6 Å². The first kappa shape index (κ1) is 25.8. The number of hydrogen-bond donors (Lipinski definition) is 8. The predicted octanol–water partition coefficient (Wildman–Crippen LogP) is -2.81. The van der Waals surface area contributed by atoms with E-state index in [1.165, 1.54) is 38.1 Å². The Morgan fingerprint density at radius 2 is 1.55 bits per heavy atom. The summed E-state index contributed by atoms with van der Waals surface area (Å²) in [4.78, 5) is 48.2. The minimum absolute atomic E-state index is 0.00890. The quantitative estimate of drug-likeness (QED) is 0.178. The molecule has 12 heteroatoms. The van der Waals surface area contributed by atoms with E-state index in [4.69, 9.17) is 15.9 Å². The van der Waals surface area contributed by atoms with Crippen molar-refractivity contribution in [2.75, 3.05) is 6.61 Å². The summed E-state index contributed by atoms with van der Waals surface area (Å²) in [5, 5.41) is 43.9. The third kappa shape index (κ3) is 8.20. The number of aromatic hydroxyl groups is 1. The van der Waals surface area contributed by atoms with Gasteiger partial charge in [0.05, 0.1) is 12.7 Å². The molecule has 0 spiro atoms. The summed E-state index contributed by atoms with van der Waals surface area (Å²) in [6.45, 7) is 1.90. The number of hydrogen-bond acceptors (Lipinski definition) is 8. The Kier molecular flexibility index (Phi) is 9.86. The summed E-state index contributed by atoms with van der Waals surface area (Å²) < 4.78 is 0. The van der Waals surface area contributed by atoms with Gasteiger partial charge in [-0.15, -0.1) is 0 Å². The number of nitrogens with two attached hydrogens (primary N) is 1. The Balaban J connectivity index is 2.99. The Hall–Kier alpha value is -3.22. The molecule has 0 fully saturated rings. The van der Waals surface area contributed by atoms with Crippen LogP contribution in [-0.4, -0.2) is 81.0 Å². The van der Waals surface area contributed by atoms with Crippen molar-refractivity contribution in [1.29, 1.82) is 0 Å². The summed E-state index contributed by atoms with van der Waals surface area (Å²) >= 11 is 0. The maximum Gasteiger partial charge on any atom is 0.328 e. The number of rotatable bonds is 11. The molecule has 1 aromatic rings. The summed E-state index contributed by atoms with van der Waals surface area (Å²) in [7, 11) is 0. The molecular formula is C19H28N4O8. The van der Waals surface area contributed by atoms with Gasteiger partial charge >= 0.3 is 5.97 Å². The van der Waals surface area contributed by atoms with Gasteiger partial charge in [-0.3, -0.25) is 14.4 Å². The van der Waals surface area contributed by atoms with Gasteiger partial charge < -0.3 is 42.1 Å². The van der Waals surface area contributed by atoms with Gasteiger partial charge in [-0.25, -0.2) is 4.79 Å². The monoisotopic (exact) mass is 440 g/mol. The van der Waals surface area contributed by atoms with Crippen LogP contribution in [0, 0.1) is 0 Å². The fourth-order valence-corrected chi connectivity index (χ4v) is 2.49. The number of carboxylic acids is 1. The highest BCUT2D eigenvalue weighted by Gasteiger charge is 2.31. The second kappa shape index (κ2) is 11.8. The zero-order valence-electron chi connectivity index (χ0n) is 17.1. The summed E-state index contributed by atoms with van der Waals surface area (Å²) in [5.41, 5.74) is 5.93. The topological polar surface area (TPSA) is 211 Å². The van der Waals surface area contributed by atoms with Gasteiger partial charge in [-0.1, -0.05) is 12.1 Å². The van der Waals surface area contributed by atoms with E-state index >= 15 is 0 Å². The highest BCUT2D eigenvalue weighted by atomic mass is 16.4. The summed E-state index contributed by atoms with van der Waals surface area (Å²) in [6.07, 6.45) is -1.47. The SMILES string of the molecule is CC(NC(=O)C(N)CO)C(=O)NC(Cc1ccc(O)cc1)C(=O)NC(C(=O)O)C(C)O. The summed E-state index contributed by atoms with van der Waals surface area (Å²) in [6, 6.07) is 0.561. The van der Waals surface area contributed by atoms with Crippen LogP contribution in [0.25, 0.3) is 0 Å². The van der Waals surface area contributed by atoms with Crippen molar-refractivity contribution in [2.45, 2.75) is 50.5 Å². The number of aliphatic hydroxyl groups excluding tert-OH is 2. The number of carbonyl (C=O) groups excluding carboxylic acids is 3. The molecule has 0 radical (unpaired) electrons. The number of amides is 3. The number of benzene rings is 1. The molecule has 0 saturated heterocycles. The lowest BCUT2D eigenvalue weighted by Gasteiger charge is -2.24. The minimum Gasteiger partial charge on any atom is -0.508 e. The molecule has 0 aliphatic heterocycles. The molecular weight excluding hydrogens is 412 g/mol. The van der Waals surface area contributed by atoms with E-state index in [9.17, 15) is 29.4 Å². The van der Waals surface area contributed by atoms with Gasteiger partial charge in [0.1, 0.15) is 23.9 Å².